The van der Waals surface area contributed by atoms with Gasteiger partial charge in [-0.15, -0.1) is 0 Å². The maximum absolute atomic E-state index is 10.4. The fraction of sp³-hybridized carbons (Fsp3) is 0.312. The van der Waals surface area contributed by atoms with E-state index in [9.17, 15) is 13.0 Å². The summed E-state index contributed by atoms with van der Waals surface area (Å²) < 4.78 is 33.4. The smallest absolute Gasteiger partial charge is 0.178 e. The number of pyridine rings is 1. The lowest BCUT2D eigenvalue weighted by Gasteiger charge is -2.05. The van der Waals surface area contributed by atoms with Crippen molar-refractivity contribution >= 4 is 10.1 Å². The third-order valence-electron chi connectivity index (χ3n) is 3.24. The van der Waals surface area contributed by atoms with Crippen LogP contribution in [0, 0.1) is 27.7 Å². The van der Waals surface area contributed by atoms with E-state index in [-0.39, 0.29) is 4.90 Å². The summed E-state index contributed by atoms with van der Waals surface area (Å²) in [6, 6.07) is 10.2. The van der Waals surface area contributed by atoms with Gasteiger partial charge in [0.25, 0.3) is 0 Å². The molecule has 1 aromatic carbocycles. The third-order valence-corrected chi connectivity index (χ3v) is 4.09. The van der Waals surface area contributed by atoms with Crippen LogP contribution in [0.1, 0.15) is 22.5 Å². The average Bonchev–Trinajstić information content (AvgIpc) is 2.36. The molecule has 0 spiro atoms. The molecule has 0 atom stereocenters. The highest BCUT2D eigenvalue weighted by molar-refractivity contribution is 7.85. The van der Waals surface area contributed by atoms with E-state index in [0.29, 0.717) is 0 Å². The van der Waals surface area contributed by atoms with Crippen LogP contribution in [-0.2, 0) is 17.2 Å². The molecule has 2 aromatic rings. The molecule has 0 aliphatic heterocycles. The molecule has 0 aliphatic rings. The van der Waals surface area contributed by atoms with Gasteiger partial charge in [-0.1, -0.05) is 17.7 Å². The van der Waals surface area contributed by atoms with Crippen molar-refractivity contribution in [2.24, 2.45) is 7.05 Å². The minimum Gasteiger partial charge on any atom is -0.744 e. The van der Waals surface area contributed by atoms with Crippen molar-refractivity contribution in [3.63, 3.8) is 0 Å². The Morgan fingerprint density at radius 2 is 1.29 bits per heavy atom. The number of nitrogens with zero attached hydrogens (tertiary/aromatic N) is 1. The van der Waals surface area contributed by atoms with Crippen LogP contribution < -0.4 is 4.57 Å². The zero-order valence-electron chi connectivity index (χ0n) is 13.0. The fourth-order valence-corrected chi connectivity index (χ4v) is 2.35. The standard InChI is InChI=1S/C9H14N.C7H8O3S/c1-7-5-8(2)10(4)9(3)6-7;1-6-2-4-7(5-3-6)11(8,9)10/h5-6H,1-4H3;2-5H,1H3,(H,8,9,10)/q+1;/p-1. The molecule has 1 aromatic heterocycles. The quantitative estimate of drug-likeness (QED) is 0.600. The van der Waals surface area contributed by atoms with Crippen molar-refractivity contribution in [3.05, 3.63) is 58.9 Å². The van der Waals surface area contributed by atoms with Gasteiger partial charge in [0.15, 0.2) is 11.4 Å². The molecule has 2 rings (SSSR count). The molecule has 1 heterocycles. The third kappa shape index (κ3) is 5.28. The second kappa shape index (κ2) is 6.83. The molecule has 0 saturated carbocycles. The van der Waals surface area contributed by atoms with E-state index in [1.807, 2.05) is 6.92 Å². The lowest BCUT2D eigenvalue weighted by atomic mass is 10.2. The SMILES string of the molecule is Cc1cc(C)[n+](C)c(C)c1.Cc1ccc(S(=O)(=O)[O-])cc1. The first-order valence-electron chi connectivity index (χ1n) is 6.57. The van der Waals surface area contributed by atoms with Crippen molar-refractivity contribution in [2.45, 2.75) is 32.6 Å². The van der Waals surface area contributed by atoms with E-state index in [0.717, 1.165) is 5.56 Å². The van der Waals surface area contributed by atoms with Crippen molar-refractivity contribution in [3.8, 4) is 0 Å². The monoisotopic (exact) mass is 307 g/mol. The Morgan fingerprint density at radius 1 is 0.857 bits per heavy atom. The first-order valence-corrected chi connectivity index (χ1v) is 7.98. The van der Waals surface area contributed by atoms with Crippen LogP contribution in [0.15, 0.2) is 41.3 Å². The molecule has 0 N–H and O–H groups in total. The van der Waals surface area contributed by atoms with Gasteiger partial charge in [0.05, 0.1) is 4.90 Å². The van der Waals surface area contributed by atoms with Crippen LogP contribution >= 0.6 is 0 Å². The van der Waals surface area contributed by atoms with Gasteiger partial charge in [-0.25, -0.2) is 13.0 Å². The van der Waals surface area contributed by atoms with E-state index in [1.54, 1.807) is 12.1 Å². The molecule has 114 valence electrons. The Hall–Kier alpha value is -1.72. The van der Waals surface area contributed by atoms with Crippen LogP contribution in [0.2, 0.25) is 0 Å². The first-order chi connectivity index (χ1) is 9.61. The number of benzene rings is 1. The Balaban J connectivity index is 0.000000211. The lowest BCUT2D eigenvalue weighted by Crippen LogP contribution is -2.35. The number of aromatic nitrogens is 1. The molecule has 21 heavy (non-hydrogen) atoms. The van der Waals surface area contributed by atoms with E-state index in [1.165, 1.54) is 29.1 Å². The molecular formula is C16H21NO3S. The van der Waals surface area contributed by atoms with Gasteiger partial charge in [-0.3, -0.25) is 0 Å². The summed E-state index contributed by atoms with van der Waals surface area (Å²) in [5, 5.41) is 0. The van der Waals surface area contributed by atoms with Crippen molar-refractivity contribution in [2.75, 3.05) is 0 Å². The molecule has 0 aliphatic carbocycles. The summed E-state index contributed by atoms with van der Waals surface area (Å²) in [6.07, 6.45) is 0. The normalized spacial score (nSPS) is 10.8. The number of aryl methyl sites for hydroxylation is 4. The molecule has 5 heteroatoms. The zero-order valence-corrected chi connectivity index (χ0v) is 13.9. The molecule has 0 fully saturated rings. The van der Waals surface area contributed by atoms with Gasteiger partial charge in [0.2, 0.25) is 0 Å². The molecule has 4 nitrogen and oxygen atoms in total. The topological polar surface area (TPSA) is 61.1 Å². The minimum atomic E-state index is -4.27. The predicted molar refractivity (Wildman–Crippen MR) is 81.0 cm³/mol. The van der Waals surface area contributed by atoms with Crippen molar-refractivity contribution in [1.29, 1.82) is 0 Å². The second-order valence-corrected chi connectivity index (χ2v) is 6.52. The summed E-state index contributed by atoms with van der Waals surface area (Å²) >= 11 is 0. The van der Waals surface area contributed by atoms with Crippen LogP contribution in [0.3, 0.4) is 0 Å². The average molecular weight is 307 g/mol. The van der Waals surface area contributed by atoms with E-state index < -0.39 is 10.1 Å². The van der Waals surface area contributed by atoms with Crippen LogP contribution in [0.4, 0.5) is 0 Å². The molecular weight excluding hydrogens is 286 g/mol. The lowest BCUT2D eigenvalue weighted by molar-refractivity contribution is -0.683. The molecule has 0 unspecified atom stereocenters. The summed E-state index contributed by atoms with van der Waals surface area (Å²) in [6.45, 7) is 8.20. The van der Waals surface area contributed by atoms with Gasteiger partial charge in [0.1, 0.15) is 17.2 Å². The highest BCUT2D eigenvalue weighted by atomic mass is 32.2. The number of hydrogen-bond donors (Lipinski definition) is 0. The Morgan fingerprint density at radius 3 is 1.67 bits per heavy atom. The molecule has 0 amide bonds. The van der Waals surface area contributed by atoms with Crippen LogP contribution in [-0.4, -0.2) is 13.0 Å². The zero-order chi connectivity index (χ0) is 16.2. The Labute approximate surface area is 126 Å². The maximum atomic E-state index is 10.4. The highest BCUT2D eigenvalue weighted by Gasteiger charge is 2.03. The van der Waals surface area contributed by atoms with E-state index >= 15 is 0 Å². The molecule has 0 radical (unpaired) electrons. The highest BCUT2D eigenvalue weighted by Crippen LogP contribution is 2.08. The maximum Gasteiger partial charge on any atom is 0.178 e. The van der Waals surface area contributed by atoms with Gasteiger partial charge in [-0.05, 0) is 31.5 Å². The van der Waals surface area contributed by atoms with Gasteiger partial charge >= 0.3 is 0 Å². The Kier molecular flexibility index (Phi) is 5.63. The summed E-state index contributed by atoms with van der Waals surface area (Å²) in [7, 11) is -2.18. The molecule has 0 bridgehead atoms. The molecule has 0 saturated heterocycles. The first kappa shape index (κ1) is 17.3. The summed E-state index contributed by atoms with van der Waals surface area (Å²) in [5.41, 5.74) is 4.90. The second-order valence-electron chi connectivity index (χ2n) is 5.14. The van der Waals surface area contributed by atoms with Gasteiger partial charge in [-0.2, -0.15) is 0 Å². The summed E-state index contributed by atoms with van der Waals surface area (Å²) in [5.74, 6) is 0. The van der Waals surface area contributed by atoms with E-state index in [4.69, 9.17) is 0 Å². The Bertz CT molecular complexity index is 697. The van der Waals surface area contributed by atoms with E-state index in [2.05, 4.69) is 44.5 Å². The number of rotatable bonds is 1. The van der Waals surface area contributed by atoms with Crippen LogP contribution in [0.25, 0.3) is 0 Å². The summed E-state index contributed by atoms with van der Waals surface area (Å²) in [4.78, 5) is -0.178. The van der Waals surface area contributed by atoms with Crippen LogP contribution in [0.5, 0.6) is 0 Å². The van der Waals surface area contributed by atoms with Gasteiger partial charge in [0, 0.05) is 26.0 Å². The fourth-order valence-electron chi connectivity index (χ4n) is 1.88. The van der Waals surface area contributed by atoms with Crippen molar-refractivity contribution < 1.29 is 17.5 Å². The minimum absolute atomic E-state index is 0.178. The largest absolute Gasteiger partial charge is 0.744 e. The number of hydrogen-bond acceptors (Lipinski definition) is 3. The predicted octanol–water partition coefficient (Wildman–Crippen LogP) is 2.34. The van der Waals surface area contributed by atoms with Crippen molar-refractivity contribution in [1.82, 2.24) is 0 Å². The van der Waals surface area contributed by atoms with Gasteiger partial charge < -0.3 is 4.55 Å².